The molecule has 0 N–H and O–H groups in total. The maximum absolute atomic E-state index is 10.5. The van der Waals surface area contributed by atoms with Gasteiger partial charge in [0.15, 0.2) is 0 Å². The second-order valence-corrected chi connectivity index (χ2v) is 12.3. The summed E-state index contributed by atoms with van der Waals surface area (Å²) in [5.74, 6) is 0. The summed E-state index contributed by atoms with van der Waals surface area (Å²) in [6.07, 6.45) is 0. The highest BCUT2D eigenvalue weighted by Crippen LogP contribution is 2.40. The van der Waals surface area contributed by atoms with E-state index < -0.39 is 0 Å². The Bertz CT molecular complexity index is 2920. The average Bonchev–Trinajstić information content (AvgIpc) is 3.70. The molecule has 0 saturated heterocycles. The van der Waals surface area contributed by atoms with Crippen molar-refractivity contribution in [2.75, 3.05) is 0 Å². The topological polar surface area (TPSA) is 81.2 Å². The van der Waals surface area contributed by atoms with Gasteiger partial charge in [0.25, 0.3) is 0 Å². The summed E-state index contributed by atoms with van der Waals surface area (Å²) >= 11 is 0. The molecule has 0 bridgehead atoms. The number of rotatable bonds is 4. The first-order valence-electron chi connectivity index (χ1n) is 16.3. The Morgan fingerprint density at radius 2 is 0.980 bits per heavy atom. The summed E-state index contributed by atoms with van der Waals surface area (Å²) in [5.41, 5.74) is 10.9. The third-order valence-corrected chi connectivity index (χ3v) is 9.65. The fraction of sp³-hybridized carbons (Fsp3) is 0. The van der Waals surface area contributed by atoms with E-state index in [0.29, 0.717) is 16.7 Å². The van der Waals surface area contributed by atoms with Gasteiger partial charge in [-0.05, 0) is 77.9 Å². The van der Waals surface area contributed by atoms with Crippen molar-refractivity contribution in [2.24, 2.45) is 0 Å². The first-order chi connectivity index (χ1) is 24.7. The molecule has 5 nitrogen and oxygen atoms in total. The molecule has 0 fully saturated rings. The molecular weight excluding hydrogens is 611 g/mol. The highest BCUT2D eigenvalue weighted by Gasteiger charge is 2.19. The predicted molar refractivity (Wildman–Crippen MR) is 200 cm³/mol. The maximum Gasteiger partial charge on any atom is 0.0998 e. The van der Waals surface area contributed by atoms with Crippen molar-refractivity contribution in [1.82, 2.24) is 9.13 Å². The number of nitriles is 3. The van der Waals surface area contributed by atoms with E-state index in [1.165, 1.54) is 0 Å². The molecule has 0 aliphatic carbocycles. The molecule has 0 amide bonds. The highest BCUT2D eigenvalue weighted by molar-refractivity contribution is 6.11. The standard InChI is InChI=1S/C45H25N5/c46-26-29-17-22-45-40(23-29)38-12-4-8-16-44(38)50(45)43-15-7-3-11-37(43)39-25-30(18-19-31(39)27-47)34-21-20-33(24-32(34)28-48)49-41-13-5-1-9-35(41)36-10-2-6-14-42(36)49/h1-25H. The van der Waals surface area contributed by atoms with Gasteiger partial charge in [0, 0.05) is 38.4 Å². The minimum Gasteiger partial charge on any atom is -0.309 e. The van der Waals surface area contributed by atoms with Crippen LogP contribution in [0, 0.1) is 34.0 Å². The molecule has 9 rings (SSSR count). The van der Waals surface area contributed by atoms with Crippen molar-refractivity contribution < 1.29 is 0 Å². The molecule has 230 valence electrons. The first-order valence-corrected chi connectivity index (χ1v) is 16.3. The van der Waals surface area contributed by atoms with Gasteiger partial charge in [-0.1, -0.05) is 84.9 Å². The van der Waals surface area contributed by atoms with Crippen molar-refractivity contribution in [3.63, 3.8) is 0 Å². The monoisotopic (exact) mass is 635 g/mol. The van der Waals surface area contributed by atoms with Gasteiger partial charge < -0.3 is 9.13 Å². The van der Waals surface area contributed by atoms with Gasteiger partial charge in [-0.2, -0.15) is 15.8 Å². The van der Waals surface area contributed by atoms with Gasteiger partial charge in [0.2, 0.25) is 0 Å². The van der Waals surface area contributed by atoms with E-state index in [9.17, 15) is 15.8 Å². The van der Waals surface area contributed by atoms with Crippen LogP contribution in [0.4, 0.5) is 0 Å². The van der Waals surface area contributed by atoms with Crippen molar-refractivity contribution in [3.8, 4) is 51.8 Å². The van der Waals surface area contributed by atoms with Crippen LogP contribution in [-0.4, -0.2) is 9.13 Å². The molecule has 0 aliphatic rings. The molecule has 9 aromatic rings. The molecule has 2 heterocycles. The minimum atomic E-state index is 0.536. The number of aromatic nitrogens is 2. The molecule has 0 unspecified atom stereocenters. The lowest BCUT2D eigenvalue weighted by Gasteiger charge is -2.16. The van der Waals surface area contributed by atoms with Crippen LogP contribution in [0.1, 0.15) is 16.7 Å². The quantitative estimate of drug-likeness (QED) is 0.193. The third kappa shape index (κ3) is 4.31. The zero-order valence-corrected chi connectivity index (χ0v) is 26.7. The third-order valence-electron chi connectivity index (χ3n) is 9.65. The molecule has 5 heteroatoms. The van der Waals surface area contributed by atoms with E-state index in [1.807, 2.05) is 91.0 Å². The number of nitrogens with zero attached hydrogens (tertiary/aromatic N) is 5. The van der Waals surface area contributed by atoms with Crippen LogP contribution in [0.25, 0.3) is 77.2 Å². The summed E-state index contributed by atoms with van der Waals surface area (Å²) in [5, 5.41) is 34.8. The Morgan fingerprint density at radius 1 is 0.380 bits per heavy atom. The van der Waals surface area contributed by atoms with E-state index >= 15 is 0 Å². The number of hydrogen-bond acceptors (Lipinski definition) is 3. The highest BCUT2D eigenvalue weighted by atomic mass is 15.0. The molecule has 50 heavy (non-hydrogen) atoms. The Kier molecular flexibility index (Phi) is 6.56. The van der Waals surface area contributed by atoms with E-state index in [1.54, 1.807) is 0 Å². The van der Waals surface area contributed by atoms with Gasteiger partial charge in [-0.3, -0.25) is 0 Å². The largest absolute Gasteiger partial charge is 0.309 e. The molecule has 0 spiro atoms. The van der Waals surface area contributed by atoms with Crippen molar-refractivity contribution in [2.45, 2.75) is 0 Å². The lowest BCUT2D eigenvalue weighted by atomic mass is 9.92. The van der Waals surface area contributed by atoms with Gasteiger partial charge in [-0.15, -0.1) is 0 Å². The smallest absolute Gasteiger partial charge is 0.0998 e. The van der Waals surface area contributed by atoms with Crippen molar-refractivity contribution >= 4 is 43.6 Å². The Hall–Kier alpha value is -7.39. The molecule has 0 saturated carbocycles. The average molecular weight is 636 g/mol. The lowest BCUT2D eigenvalue weighted by Crippen LogP contribution is -1.99. The molecule has 2 aromatic heterocycles. The zero-order chi connectivity index (χ0) is 33.8. The van der Waals surface area contributed by atoms with E-state index in [4.69, 9.17) is 0 Å². The van der Waals surface area contributed by atoms with Crippen molar-refractivity contribution in [1.29, 1.82) is 15.8 Å². The van der Waals surface area contributed by atoms with E-state index in [-0.39, 0.29) is 0 Å². The summed E-state index contributed by atoms with van der Waals surface area (Å²) in [7, 11) is 0. The lowest BCUT2D eigenvalue weighted by molar-refractivity contribution is 1.18. The molecular formula is C45H25N5. The number of fused-ring (bicyclic) bond motifs is 6. The summed E-state index contributed by atoms with van der Waals surface area (Å²) in [6, 6.07) is 57.6. The summed E-state index contributed by atoms with van der Waals surface area (Å²) in [6.45, 7) is 0. The first kappa shape index (κ1) is 28.8. The van der Waals surface area contributed by atoms with Crippen LogP contribution in [0.15, 0.2) is 152 Å². The summed E-state index contributed by atoms with van der Waals surface area (Å²) < 4.78 is 4.41. The van der Waals surface area contributed by atoms with Crippen molar-refractivity contribution in [3.05, 3.63) is 168 Å². The second-order valence-electron chi connectivity index (χ2n) is 12.3. The van der Waals surface area contributed by atoms with E-state index in [0.717, 1.165) is 77.2 Å². The van der Waals surface area contributed by atoms with Crippen LogP contribution >= 0.6 is 0 Å². The van der Waals surface area contributed by atoms with Crippen LogP contribution in [-0.2, 0) is 0 Å². The summed E-state index contributed by atoms with van der Waals surface area (Å²) in [4.78, 5) is 0. The van der Waals surface area contributed by atoms with Crippen LogP contribution in [0.2, 0.25) is 0 Å². The van der Waals surface area contributed by atoms with Gasteiger partial charge in [0.05, 0.1) is 62.7 Å². The Balaban J connectivity index is 1.23. The van der Waals surface area contributed by atoms with Crippen LogP contribution < -0.4 is 0 Å². The fourth-order valence-electron chi connectivity index (χ4n) is 7.45. The van der Waals surface area contributed by atoms with Gasteiger partial charge in [-0.25, -0.2) is 0 Å². The van der Waals surface area contributed by atoms with Crippen LogP contribution in [0.5, 0.6) is 0 Å². The van der Waals surface area contributed by atoms with E-state index in [2.05, 4.69) is 88.0 Å². The Labute approximate surface area is 287 Å². The normalized spacial score (nSPS) is 11.1. The molecule has 7 aromatic carbocycles. The van der Waals surface area contributed by atoms with Gasteiger partial charge >= 0.3 is 0 Å². The Morgan fingerprint density at radius 3 is 1.66 bits per heavy atom. The number of hydrogen-bond donors (Lipinski definition) is 0. The molecule has 0 atom stereocenters. The molecule has 0 aliphatic heterocycles. The number of benzene rings is 7. The zero-order valence-electron chi connectivity index (χ0n) is 26.7. The SMILES string of the molecule is N#Cc1ccc2c(c1)c1ccccc1n2-c1ccccc1-c1cc(-c2ccc(-n3c4ccccc4c4ccccc43)cc2C#N)ccc1C#N. The maximum atomic E-state index is 10.5. The second kappa shape index (κ2) is 11.4. The number of para-hydroxylation sites is 4. The minimum absolute atomic E-state index is 0.536. The van der Waals surface area contributed by atoms with Gasteiger partial charge in [0.1, 0.15) is 0 Å². The predicted octanol–water partition coefficient (Wildman–Crippen LogP) is 10.8. The fourth-order valence-corrected chi connectivity index (χ4v) is 7.45. The van der Waals surface area contributed by atoms with Crippen LogP contribution in [0.3, 0.4) is 0 Å². The molecule has 0 radical (unpaired) electrons.